The standard InChI is InChI=1S/C21H22N2O2S2/c1-3-25-18-10-8-16(9-11-18)15(2)23-21(24)19-6-4-5-7-20(19)27-13-17-12-26-14-22-17/h4-12,14-15H,3,13H2,1-2H3,(H,23,24). The Morgan fingerprint density at radius 2 is 2.00 bits per heavy atom. The van der Waals surface area contributed by atoms with Crippen molar-refractivity contribution in [3.63, 3.8) is 0 Å². The maximum Gasteiger partial charge on any atom is 0.252 e. The molecule has 1 aromatic heterocycles. The summed E-state index contributed by atoms with van der Waals surface area (Å²) in [7, 11) is 0. The monoisotopic (exact) mass is 398 g/mol. The maximum absolute atomic E-state index is 12.8. The van der Waals surface area contributed by atoms with E-state index in [9.17, 15) is 4.79 Å². The highest BCUT2D eigenvalue weighted by molar-refractivity contribution is 7.98. The number of thiazole rings is 1. The van der Waals surface area contributed by atoms with Crippen LogP contribution in [0.1, 0.15) is 41.5 Å². The lowest BCUT2D eigenvalue weighted by molar-refractivity contribution is 0.0937. The first-order chi connectivity index (χ1) is 13.2. The molecule has 2 aromatic carbocycles. The number of thioether (sulfide) groups is 1. The van der Waals surface area contributed by atoms with Gasteiger partial charge in [0.15, 0.2) is 0 Å². The minimum atomic E-state index is -0.0928. The van der Waals surface area contributed by atoms with E-state index in [0.717, 1.165) is 27.7 Å². The number of carbonyl (C=O) groups excluding carboxylic acids is 1. The number of ether oxygens (including phenoxy) is 1. The number of nitrogens with one attached hydrogen (secondary N) is 1. The van der Waals surface area contributed by atoms with Gasteiger partial charge in [0.05, 0.1) is 29.4 Å². The Labute approximate surface area is 168 Å². The van der Waals surface area contributed by atoms with E-state index in [1.807, 2.05) is 73.3 Å². The van der Waals surface area contributed by atoms with Crippen molar-refractivity contribution in [1.29, 1.82) is 0 Å². The van der Waals surface area contributed by atoms with Crippen LogP contribution in [0.3, 0.4) is 0 Å². The van der Waals surface area contributed by atoms with Gasteiger partial charge >= 0.3 is 0 Å². The summed E-state index contributed by atoms with van der Waals surface area (Å²) < 4.78 is 5.47. The van der Waals surface area contributed by atoms with E-state index in [4.69, 9.17) is 4.74 Å². The molecular weight excluding hydrogens is 376 g/mol. The fraction of sp³-hybridized carbons (Fsp3) is 0.238. The van der Waals surface area contributed by atoms with Crippen molar-refractivity contribution in [2.75, 3.05) is 6.61 Å². The number of benzene rings is 2. The van der Waals surface area contributed by atoms with Gasteiger partial charge in [0.2, 0.25) is 0 Å². The zero-order valence-corrected chi connectivity index (χ0v) is 17.0. The fourth-order valence-corrected chi connectivity index (χ4v) is 4.23. The van der Waals surface area contributed by atoms with E-state index in [1.54, 1.807) is 23.1 Å². The second-order valence-electron chi connectivity index (χ2n) is 5.96. The zero-order valence-electron chi connectivity index (χ0n) is 15.3. The van der Waals surface area contributed by atoms with Crippen molar-refractivity contribution in [3.05, 3.63) is 76.2 Å². The lowest BCUT2D eigenvalue weighted by atomic mass is 10.1. The summed E-state index contributed by atoms with van der Waals surface area (Å²) in [5, 5.41) is 5.12. The molecule has 0 saturated carbocycles. The molecule has 6 heteroatoms. The van der Waals surface area contributed by atoms with E-state index in [0.29, 0.717) is 12.2 Å². The summed E-state index contributed by atoms with van der Waals surface area (Å²) in [4.78, 5) is 18.1. The SMILES string of the molecule is CCOc1ccc(C(C)NC(=O)c2ccccc2SCc2cscn2)cc1. The average molecular weight is 399 g/mol. The molecule has 0 aliphatic heterocycles. The Morgan fingerprint density at radius 3 is 2.70 bits per heavy atom. The van der Waals surface area contributed by atoms with Crippen molar-refractivity contribution < 1.29 is 9.53 Å². The van der Waals surface area contributed by atoms with Gasteiger partial charge in [0.1, 0.15) is 5.75 Å². The smallest absolute Gasteiger partial charge is 0.252 e. The van der Waals surface area contributed by atoms with Crippen molar-refractivity contribution in [3.8, 4) is 5.75 Å². The largest absolute Gasteiger partial charge is 0.494 e. The van der Waals surface area contributed by atoms with Gasteiger partial charge in [0, 0.05) is 16.0 Å². The molecule has 1 heterocycles. The molecule has 0 aliphatic carbocycles. The van der Waals surface area contributed by atoms with Gasteiger partial charge in [-0.25, -0.2) is 4.98 Å². The highest BCUT2D eigenvalue weighted by atomic mass is 32.2. The van der Waals surface area contributed by atoms with Crippen LogP contribution in [0.5, 0.6) is 5.75 Å². The lowest BCUT2D eigenvalue weighted by Crippen LogP contribution is -2.27. The van der Waals surface area contributed by atoms with Gasteiger partial charge in [-0.3, -0.25) is 4.79 Å². The van der Waals surface area contributed by atoms with E-state index >= 15 is 0 Å². The first-order valence-corrected chi connectivity index (χ1v) is 10.7. The van der Waals surface area contributed by atoms with Crippen molar-refractivity contribution in [2.45, 2.75) is 30.5 Å². The highest BCUT2D eigenvalue weighted by Gasteiger charge is 2.15. The Morgan fingerprint density at radius 1 is 1.22 bits per heavy atom. The summed E-state index contributed by atoms with van der Waals surface area (Å²) in [5.74, 6) is 1.52. The van der Waals surface area contributed by atoms with E-state index in [2.05, 4.69) is 10.3 Å². The molecule has 4 nitrogen and oxygen atoms in total. The lowest BCUT2D eigenvalue weighted by Gasteiger charge is -2.16. The van der Waals surface area contributed by atoms with Crippen LogP contribution in [0.4, 0.5) is 0 Å². The molecule has 1 amide bonds. The first-order valence-electron chi connectivity index (χ1n) is 8.80. The molecule has 0 radical (unpaired) electrons. The van der Waals surface area contributed by atoms with Crippen LogP contribution in [-0.2, 0) is 5.75 Å². The van der Waals surface area contributed by atoms with E-state index < -0.39 is 0 Å². The third-order valence-electron chi connectivity index (χ3n) is 4.03. The summed E-state index contributed by atoms with van der Waals surface area (Å²) >= 11 is 3.21. The number of rotatable bonds is 8. The first kappa shape index (κ1) is 19.5. The predicted molar refractivity (Wildman–Crippen MR) is 112 cm³/mol. The van der Waals surface area contributed by atoms with Gasteiger partial charge in [0.25, 0.3) is 5.91 Å². The van der Waals surface area contributed by atoms with Crippen molar-refractivity contribution in [2.24, 2.45) is 0 Å². The van der Waals surface area contributed by atoms with Gasteiger partial charge in [-0.05, 0) is 43.7 Å². The molecule has 0 aliphatic rings. The summed E-state index contributed by atoms with van der Waals surface area (Å²) in [5.41, 5.74) is 4.59. The molecule has 1 N–H and O–H groups in total. The van der Waals surface area contributed by atoms with Gasteiger partial charge in [-0.2, -0.15) is 0 Å². The van der Waals surface area contributed by atoms with Crippen LogP contribution in [-0.4, -0.2) is 17.5 Å². The second kappa shape index (κ2) is 9.58. The number of hydrogen-bond donors (Lipinski definition) is 1. The van der Waals surface area contributed by atoms with Crippen molar-refractivity contribution in [1.82, 2.24) is 10.3 Å². The molecule has 0 bridgehead atoms. The number of nitrogens with zero attached hydrogens (tertiary/aromatic N) is 1. The third-order valence-corrected chi connectivity index (χ3v) is 5.77. The van der Waals surface area contributed by atoms with Crippen LogP contribution >= 0.6 is 23.1 Å². The number of amides is 1. The van der Waals surface area contributed by atoms with Crippen LogP contribution < -0.4 is 10.1 Å². The molecular formula is C21H22N2O2S2. The van der Waals surface area contributed by atoms with Crippen LogP contribution in [0, 0.1) is 0 Å². The Hall–Kier alpha value is -2.31. The normalized spacial score (nSPS) is 11.8. The summed E-state index contributed by atoms with van der Waals surface area (Å²) in [6.45, 7) is 4.58. The molecule has 3 rings (SSSR count). The van der Waals surface area contributed by atoms with Crippen LogP contribution in [0.2, 0.25) is 0 Å². The quantitative estimate of drug-likeness (QED) is 0.521. The maximum atomic E-state index is 12.8. The predicted octanol–water partition coefficient (Wildman–Crippen LogP) is 5.33. The van der Waals surface area contributed by atoms with E-state index in [1.165, 1.54) is 0 Å². The number of hydrogen-bond acceptors (Lipinski definition) is 5. The highest BCUT2D eigenvalue weighted by Crippen LogP contribution is 2.27. The Balaban J connectivity index is 1.66. The molecule has 0 saturated heterocycles. The van der Waals surface area contributed by atoms with Gasteiger partial charge < -0.3 is 10.1 Å². The van der Waals surface area contributed by atoms with Crippen LogP contribution in [0.25, 0.3) is 0 Å². The average Bonchev–Trinajstić information content (AvgIpc) is 3.21. The molecule has 0 fully saturated rings. The topological polar surface area (TPSA) is 51.2 Å². The zero-order chi connectivity index (χ0) is 19.1. The molecule has 140 valence electrons. The minimum Gasteiger partial charge on any atom is -0.494 e. The number of carbonyl (C=O) groups is 1. The molecule has 0 spiro atoms. The Bertz CT molecular complexity index is 864. The minimum absolute atomic E-state index is 0.0715. The molecule has 1 atom stereocenters. The Kier molecular flexibility index (Phi) is 6.90. The van der Waals surface area contributed by atoms with Gasteiger partial charge in [-0.15, -0.1) is 23.1 Å². The molecule has 1 unspecified atom stereocenters. The summed E-state index contributed by atoms with van der Waals surface area (Å²) in [6, 6.07) is 15.4. The van der Waals surface area contributed by atoms with Crippen molar-refractivity contribution >= 4 is 29.0 Å². The van der Waals surface area contributed by atoms with E-state index in [-0.39, 0.29) is 11.9 Å². The molecule has 27 heavy (non-hydrogen) atoms. The fourth-order valence-electron chi connectivity index (χ4n) is 2.62. The van der Waals surface area contributed by atoms with Gasteiger partial charge in [-0.1, -0.05) is 24.3 Å². The molecule has 3 aromatic rings. The second-order valence-corrected chi connectivity index (χ2v) is 7.70. The number of aromatic nitrogens is 1. The van der Waals surface area contributed by atoms with Crippen LogP contribution in [0.15, 0.2) is 64.3 Å². The third kappa shape index (κ3) is 5.34. The summed E-state index contributed by atoms with van der Waals surface area (Å²) in [6.07, 6.45) is 0.